The van der Waals surface area contributed by atoms with Crippen molar-refractivity contribution >= 4 is 17.7 Å². The molecular weight excluding hydrogens is 446 g/mol. The zero-order valence-electron chi connectivity index (χ0n) is 22.1. The maximum Gasteiger partial charge on any atom is 0.237 e. The van der Waals surface area contributed by atoms with E-state index >= 15 is 0 Å². The molecule has 0 aliphatic rings. The summed E-state index contributed by atoms with van der Waals surface area (Å²) < 4.78 is 0. The summed E-state index contributed by atoms with van der Waals surface area (Å²) in [6.45, 7) is 14.2. The highest BCUT2D eigenvalue weighted by molar-refractivity contribution is 7.99. The average molecular weight is 490 g/mol. The fourth-order valence-electron chi connectivity index (χ4n) is 4.68. The quantitative estimate of drug-likeness (QED) is 0.255. The first-order valence-electron chi connectivity index (χ1n) is 12.8. The normalized spacial score (nSPS) is 13.5. The van der Waals surface area contributed by atoms with Crippen molar-refractivity contribution in [1.82, 2.24) is 5.32 Å². The summed E-state index contributed by atoms with van der Waals surface area (Å²) in [4.78, 5) is 12.2. The zero-order chi connectivity index (χ0) is 25.6. The van der Waals surface area contributed by atoms with Gasteiger partial charge in [-0.25, -0.2) is 0 Å². The molecule has 0 aliphatic carbocycles. The lowest BCUT2D eigenvalue weighted by atomic mass is 9.85. The highest BCUT2D eigenvalue weighted by Gasteiger charge is 2.17. The molecule has 0 saturated carbocycles. The molecule has 0 radical (unpaired) electrons. The van der Waals surface area contributed by atoms with Gasteiger partial charge in [0.15, 0.2) is 0 Å². The molecule has 188 valence electrons. The number of benzene rings is 2. The summed E-state index contributed by atoms with van der Waals surface area (Å²) in [6.07, 6.45) is 12.8. The number of amides is 1. The van der Waals surface area contributed by atoms with Crippen molar-refractivity contribution in [2.45, 2.75) is 76.9 Å². The van der Waals surface area contributed by atoms with Crippen molar-refractivity contribution < 1.29 is 4.79 Å². The van der Waals surface area contributed by atoms with E-state index in [4.69, 9.17) is 0 Å². The summed E-state index contributed by atoms with van der Waals surface area (Å²) in [5.41, 5.74) is 8.39. The van der Waals surface area contributed by atoms with Gasteiger partial charge in [0.1, 0.15) is 0 Å². The topological polar surface area (TPSA) is 29.1 Å². The number of carbonyl (C=O) groups is 1. The molecular formula is C32H43NOS. The number of hydrogen-bond acceptors (Lipinski definition) is 2. The molecule has 2 aromatic carbocycles. The fraction of sp³-hybridized carbons (Fsp3) is 0.406. The molecule has 0 spiro atoms. The number of rotatable bonds is 15. The van der Waals surface area contributed by atoms with Crippen LogP contribution >= 0.6 is 11.8 Å². The molecule has 2 unspecified atom stereocenters. The van der Waals surface area contributed by atoms with Crippen LogP contribution in [-0.2, 0) is 17.6 Å². The summed E-state index contributed by atoms with van der Waals surface area (Å²) in [6, 6.07) is 17.9. The van der Waals surface area contributed by atoms with E-state index < -0.39 is 0 Å². The van der Waals surface area contributed by atoms with Crippen LogP contribution in [0.4, 0.5) is 0 Å². The standard InChI is InChI=1S/C32H43NOS/c1-7-11-25(5)28(8-2)20-21-29(30-13-10-12-24(4)22-30)19-18-26-14-16-27(17-15-26)23-31(35-6)32(34)33-9-3/h7,9-10,12-17,22,29,31H,1,3,8,11,18-21,23H2,2,4-6H3,(H,33,34)/b28-25+. The van der Waals surface area contributed by atoms with Gasteiger partial charge in [0.2, 0.25) is 5.91 Å². The van der Waals surface area contributed by atoms with E-state index in [1.807, 2.05) is 12.3 Å². The molecule has 0 bridgehead atoms. The second kappa shape index (κ2) is 15.5. The monoisotopic (exact) mass is 489 g/mol. The first-order chi connectivity index (χ1) is 16.9. The van der Waals surface area contributed by atoms with Gasteiger partial charge in [0.05, 0.1) is 5.25 Å². The van der Waals surface area contributed by atoms with E-state index in [0.29, 0.717) is 5.92 Å². The van der Waals surface area contributed by atoms with Gasteiger partial charge in [-0.3, -0.25) is 4.79 Å². The van der Waals surface area contributed by atoms with Crippen molar-refractivity contribution in [2.75, 3.05) is 6.26 Å². The van der Waals surface area contributed by atoms with Crippen molar-refractivity contribution in [3.05, 3.63) is 107 Å². The van der Waals surface area contributed by atoms with E-state index in [2.05, 4.69) is 87.8 Å². The summed E-state index contributed by atoms with van der Waals surface area (Å²) in [5.74, 6) is 0.553. The van der Waals surface area contributed by atoms with Gasteiger partial charge < -0.3 is 5.32 Å². The van der Waals surface area contributed by atoms with Crippen LogP contribution in [0.3, 0.4) is 0 Å². The molecule has 1 amide bonds. The molecule has 2 nitrogen and oxygen atoms in total. The van der Waals surface area contributed by atoms with Crippen LogP contribution in [0.2, 0.25) is 0 Å². The van der Waals surface area contributed by atoms with Crippen LogP contribution in [0.25, 0.3) is 0 Å². The zero-order valence-corrected chi connectivity index (χ0v) is 22.9. The van der Waals surface area contributed by atoms with Crippen molar-refractivity contribution in [3.63, 3.8) is 0 Å². The van der Waals surface area contributed by atoms with Gasteiger partial charge in [-0.2, -0.15) is 11.8 Å². The predicted molar refractivity (Wildman–Crippen MR) is 155 cm³/mol. The Labute approximate surface area is 218 Å². The van der Waals surface area contributed by atoms with Gasteiger partial charge in [-0.15, -0.1) is 6.58 Å². The molecule has 3 heteroatoms. The third-order valence-electron chi connectivity index (χ3n) is 6.84. The minimum Gasteiger partial charge on any atom is -0.332 e. The largest absolute Gasteiger partial charge is 0.332 e. The van der Waals surface area contributed by atoms with Crippen molar-refractivity contribution in [2.24, 2.45) is 0 Å². The fourth-order valence-corrected chi connectivity index (χ4v) is 5.32. The number of carbonyl (C=O) groups excluding carboxylic acids is 1. The lowest BCUT2D eigenvalue weighted by Crippen LogP contribution is -2.30. The first kappa shape index (κ1) is 28.7. The Kier molecular flexibility index (Phi) is 12.7. The minimum atomic E-state index is -0.102. The van der Waals surface area contributed by atoms with E-state index in [1.165, 1.54) is 40.4 Å². The van der Waals surface area contributed by atoms with Crippen molar-refractivity contribution in [3.8, 4) is 0 Å². The van der Waals surface area contributed by atoms with Crippen LogP contribution in [-0.4, -0.2) is 17.4 Å². The minimum absolute atomic E-state index is 0.0152. The average Bonchev–Trinajstić information content (AvgIpc) is 2.85. The van der Waals surface area contributed by atoms with E-state index in [0.717, 1.165) is 38.5 Å². The number of allylic oxidation sites excluding steroid dienone is 3. The Balaban J connectivity index is 2.08. The molecule has 0 aromatic heterocycles. The third-order valence-corrected chi connectivity index (χ3v) is 7.79. The second-order valence-electron chi connectivity index (χ2n) is 9.38. The molecule has 1 N–H and O–H groups in total. The summed E-state index contributed by atoms with van der Waals surface area (Å²) >= 11 is 1.58. The van der Waals surface area contributed by atoms with Crippen LogP contribution in [0.5, 0.6) is 0 Å². The lowest BCUT2D eigenvalue weighted by Gasteiger charge is -2.20. The SMILES string of the molecule is C=CC/C(C)=C(\CC)CCC(CCc1ccc(CC(SC)C(=O)NC=C)cc1)c1cccc(C)c1. The molecule has 0 saturated heterocycles. The molecule has 35 heavy (non-hydrogen) atoms. The Bertz CT molecular complexity index is 989. The molecule has 0 fully saturated rings. The number of nitrogens with one attached hydrogen (secondary N) is 1. The van der Waals surface area contributed by atoms with E-state index in [1.54, 1.807) is 17.3 Å². The molecule has 0 heterocycles. The van der Waals surface area contributed by atoms with Crippen LogP contribution in [0.15, 0.2) is 85.1 Å². The van der Waals surface area contributed by atoms with Gasteiger partial charge in [0, 0.05) is 0 Å². The number of hydrogen-bond donors (Lipinski definition) is 1. The smallest absolute Gasteiger partial charge is 0.237 e. The van der Waals surface area contributed by atoms with Gasteiger partial charge in [0.25, 0.3) is 0 Å². The molecule has 0 aliphatic heterocycles. The predicted octanol–water partition coefficient (Wildman–Crippen LogP) is 8.33. The first-order valence-corrected chi connectivity index (χ1v) is 14.1. The van der Waals surface area contributed by atoms with Crippen LogP contribution < -0.4 is 5.32 Å². The number of aryl methyl sites for hydroxylation is 2. The van der Waals surface area contributed by atoms with Gasteiger partial charge >= 0.3 is 0 Å². The van der Waals surface area contributed by atoms with E-state index in [9.17, 15) is 4.79 Å². The van der Waals surface area contributed by atoms with Gasteiger partial charge in [-0.1, -0.05) is 84.8 Å². The van der Waals surface area contributed by atoms with Crippen LogP contribution in [0.1, 0.15) is 74.1 Å². The third kappa shape index (κ3) is 9.57. The van der Waals surface area contributed by atoms with Crippen molar-refractivity contribution in [1.29, 1.82) is 0 Å². The van der Waals surface area contributed by atoms with E-state index in [-0.39, 0.29) is 11.2 Å². The van der Waals surface area contributed by atoms with Gasteiger partial charge in [-0.05, 0) is 93.9 Å². The Morgan fingerprint density at radius 1 is 1.09 bits per heavy atom. The highest BCUT2D eigenvalue weighted by atomic mass is 32.2. The lowest BCUT2D eigenvalue weighted by molar-refractivity contribution is -0.119. The summed E-state index contributed by atoms with van der Waals surface area (Å²) in [5, 5.41) is 2.61. The maximum absolute atomic E-state index is 12.2. The summed E-state index contributed by atoms with van der Waals surface area (Å²) in [7, 11) is 0. The molecule has 2 rings (SSSR count). The number of thioether (sulfide) groups is 1. The molecule has 2 atom stereocenters. The Morgan fingerprint density at radius 2 is 1.80 bits per heavy atom. The Hall–Kier alpha value is -2.52. The highest BCUT2D eigenvalue weighted by Crippen LogP contribution is 2.31. The van der Waals surface area contributed by atoms with Crippen LogP contribution in [0, 0.1) is 6.92 Å². The maximum atomic E-state index is 12.2. The Morgan fingerprint density at radius 3 is 2.40 bits per heavy atom. The molecule has 2 aromatic rings. The second-order valence-corrected chi connectivity index (χ2v) is 10.4.